The molecule has 0 spiro atoms. The third kappa shape index (κ3) is 2.30. The highest BCUT2D eigenvalue weighted by Gasteiger charge is 2.36. The van der Waals surface area contributed by atoms with Crippen molar-refractivity contribution < 1.29 is 9.84 Å². The van der Waals surface area contributed by atoms with E-state index in [-0.39, 0.29) is 0 Å². The highest BCUT2D eigenvalue weighted by atomic mass is 16.5. The molecule has 0 aromatic heterocycles. The summed E-state index contributed by atoms with van der Waals surface area (Å²) in [5.74, 6) is 3.43. The minimum Gasteiger partial charge on any atom is -0.497 e. The normalized spacial score (nSPS) is 21.9. The van der Waals surface area contributed by atoms with Crippen LogP contribution in [0.2, 0.25) is 0 Å². The Bertz CT molecular complexity index is 445. The van der Waals surface area contributed by atoms with Gasteiger partial charge in [0.15, 0.2) is 0 Å². The number of unbranched alkanes of at least 4 members (excludes halogenated alkanes) is 1. The van der Waals surface area contributed by atoms with Crippen LogP contribution in [0.5, 0.6) is 5.75 Å². The van der Waals surface area contributed by atoms with Crippen molar-refractivity contribution in [3.63, 3.8) is 0 Å². The molecule has 0 amide bonds. The maximum atomic E-state index is 10.7. The fourth-order valence-electron chi connectivity index (χ4n) is 2.55. The van der Waals surface area contributed by atoms with E-state index in [0.29, 0.717) is 0 Å². The largest absolute Gasteiger partial charge is 0.497 e. The monoisotopic (exact) mass is 230 g/mol. The number of benzene rings is 1. The Morgan fingerprint density at radius 2 is 2.35 bits per heavy atom. The highest BCUT2D eigenvalue weighted by Crippen LogP contribution is 2.41. The van der Waals surface area contributed by atoms with E-state index >= 15 is 0 Å². The van der Waals surface area contributed by atoms with Crippen molar-refractivity contribution in [2.75, 3.05) is 7.11 Å². The van der Waals surface area contributed by atoms with Gasteiger partial charge in [-0.1, -0.05) is 6.07 Å². The number of methoxy groups -OCH3 is 1. The smallest absolute Gasteiger partial charge is 0.119 e. The maximum Gasteiger partial charge on any atom is 0.119 e. The Morgan fingerprint density at radius 3 is 3.06 bits per heavy atom. The van der Waals surface area contributed by atoms with E-state index in [1.165, 1.54) is 5.56 Å². The number of aliphatic hydroxyl groups is 1. The lowest BCUT2D eigenvalue weighted by atomic mass is 9.90. The summed E-state index contributed by atoms with van der Waals surface area (Å²) in [5, 5.41) is 10.7. The molecule has 17 heavy (non-hydrogen) atoms. The molecule has 0 radical (unpaired) electrons. The van der Waals surface area contributed by atoms with Crippen molar-refractivity contribution >= 4 is 0 Å². The molecule has 1 aliphatic rings. The van der Waals surface area contributed by atoms with E-state index in [1.54, 1.807) is 7.11 Å². The summed E-state index contributed by atoms with van der Waals surface area (Å²) in [7, 11) is 1.65. The van der Waals surface area contributed by atoms with Gasteiger partial charge in [0, 0.05) is 6.42 Å². The second-order valence-electron chi connectivity index (χ2n) is 4.61. The topological polar surface area (TPSA) is 29.5 Å². The van der Waals surface area contributed by atoms with Crippen LogP contribution >= 0.6 is 0 Å². The molecule has 0 fully saturated rings. The molecule has 0 saturated heterocycles. The standard InChI is InChI=1S/C15H18O2/c1-3-4-5-9-15(16)10-8-12-6-7-13(17-2)11-14(12)15/h1,6-7,11,16H,4-5,8-10H2,2H3. The van der Waals surface area contributed by atoms with Crippen LogP contribution in [0.4, 0.5) is 0 Å². The molecule has 1 unspecified atom stereocenters. The molecule has 1 N–H and O–H groups in total. The second-order valence-corrected chi connectivity index (χ2v) is 4.61. The first kappa shape index (κ1) is 12.0. The number of terminal acetylenes is 1. The van der Waals surface area contributed by atoms with Crippen LogP contribution in [0.25, 0.3) is 0 Å². The van der Waals surface area contributed by atoms with Crippen molar-refractivity contribution in [3.05, 3.63) is 29.3 Å². The van der Waals surface area contributed by atoms with Crippen LogP contribution in [0.15, 0.2) is 18.2 Å². The summed E-state index contributed by atoms with van der Waals surface area (Å²) < 4.78 is 5.21. The molecule has 1 aromatic carbocycles. The molecular formula is C15H18O2. The fourth-order valence-corrected chi connectivity index (χ4v) is 2.55. The molecular weight excluding hydrogens is 212 g/mol. The van der Waals surface area contributed by atoms with Gasteiger partial charge in [-0.25, -0.2) is 0 Å². The van der Waals surface area contributed by atoms with Gasteiger partial charge in [-0.05, 0) is 48.9 Å². The van der Waals surface area contributed by atoms with E-state index in [9.17, 15) is 5.11 Å². The summed E-state index contributed by atoms with van der Waals surface area (Å²) in [6, 6.07) is 5.96. The molecule has 2 nitrogen and oxygen atoms in total. The quantitative estimate of drug-likeness (QED) is 0.636. The van der Waals surface area contributed by atoms with Crippen molar-refractivity contribution in [3.8, 4) is 18.1 Å². The van der Waals surface area contributed by atoms with Gasteiger partial charge >= 0.3 is 0 Å². The van der Waals surface area contributed by atoms with Crippen molar-refractivity contribution in [2.24, 2.45) is 0 Å². The van der Waals surface area contributed by atoms with Gasteiger partial charge in [0.1, 0.15) is 5.75 Å². The predicted molar refractivity (Wildman–Crippen MR) is 67.9 cm³/mol. The predicted octanol–water partition coefficient (Wildman–Crippen LogP) is 2.63. The van der Waals surface area contributed by atoms with Crippen LogP contribution in [-0.2, 0) is 12.0 Å². The van der Waals surface area contributed by atoms with Crippen molar-refractivity contribution in [2.45, 2.75) is 37.7 Å². The van der Waals surface area contributed by atoms with Gasteiger partial charge in [-0.3, -0.25) is 0 Å². The van der Waals surface area contributed by atoms with Gasteiger partial charge < -0.3 is 9.84 Å². The van der Waals surface area contributed by atoms with E-state index in [0.717, 1.165) is 43.4 Å². The lowest BCUT2D eigenvalue weighted by Crippen LogP contribution is -2.22. The first-order chi connectivity index (χ1) is 8.19. The van der Waals surface area contributed by atoms with Gasteiger partial charge in [0.05, 0.1) is 12.7 Å². The number of rotatable bonds is 4. The number of fused-ring (bicyclic) bond motifs is 1. The lowest BCUT2D eigenvalue weighted by molar-refractivity contribution is 0.0276. The minimum absolute atomic E-state index is 0.708. The Balaban J connectivity index is 2.22. The Morgan fingerprint density at radius 1 is 1.53 bits per heavy atom. The van der Waals surface area contributed by atoms with Crippen LogP contribution in [0, 0.1) is 12.3 Å². The zero-order valence-electron chi connectivity index (χ0n) is 10.2. The average Bonchev–Trinajstić information content (AvgIpc) is 2.67. The Kier molecular flexibility index (Phi) is 3.40. The Labute approximate surface area is 103 Å². The minimum atomic E-state index is -0.708. The highest BCUT2D eigenvalue weighted by molar-refractivity contribution is 5.42. The zero-order valence-corrected chi connectivity index (χ0v) is 10.2. The fraction of sp³-hybridized carbons (Fsp3) is 0.467. The third-order valence-electron chi connectivity index (χ3n) is 3.54. The van der Waals surface area contributed by atoms with Gasteiger partial charge in [-0.15, -0.1) is 12.3 Å². The molecule has 0 saturated carbocycles. The summed E-state index contributed by atoms with van der Waals surface area (Å²) in [4.78, 5) is 0. The van der Waals surface area contributed by atoms with Crippen LogP contribution in [0.3, 0.4) is 0 Å². The molecule has 1 atom stereocenters. The van der Waals surface area contributed by atoms with Gasteiger partial charge in [0.25, 0.3) is 0 Å². The van der Waals surface area contributed by atoms with E-state index in [4.69, 9.17) is 11.2 Å². The molecule has 1 aromatic rings. The first-order valence-electron chi connectivity index (χ1n) is 6.03. The molecule has 1 aliphatic carbocycles. The Hall–Kier alpha value is -1.46. The number of hydrogen-bond donors (Lipinski definition) is 1. The van der Waals surface area contributed by atoms with Crippen LogP contribution in [0.1, 0.15) is 36.8 Å². The molecule has 2 rings (SSSR count). The maximum absolute atomic E-state index is 10.7. The van der Waals surface area contributed by atoms with E-state index in [2.05, 4.69) is 5.92 Å². The molecule has 0 bridgehead atoms. The summed E-state index contributed by atoms with van der Waals surface area (Å²) in [6.45, 7) is 0. The van der Waals surface area contributed by atoms with Crippen molar-refractivity contribution in [1.29, 1.82) is 0 Å². The van der Waals surface area contributed by atoms with Crippen LogP contribution < -0.4 is 4.74 Å². The van der Waals surface area contributed by atoms with Crippen LogP contribution in [-0.4, -0.2) is 12.2 Å². The van der Waals surface area contributed by atoms with Gasteiger partial charge in [-0.2, -0.15) is 0 Å². The second kappa shape index (κ2) is 4.81. The van der Waals surface area contributed by atoms with Gasteiger partial charge in [0.2, 0.25) is 0 Å². The number of ether oxygens (including phenoxy) is 1. The third-order valence-corrected chi connectivity index (χ3v) is 3.54. The zero-order chi connectivity index (χ0) is 12.3. The molecule has 0 aliphatic heterocycles. The summed E-state index contributed by atoms with van der Waals surface area (Å²) >= 11 is 0. The molecule has 0 heterocycles. The summed E-state index contributed by atoms with van der Waals surface area (Å²) in [6.07, 6.45) is 9.30. The average molecular weight is 230 g/mol. The van der Waals surface area contributed by atoms with E-state index < -0.39 is 5.60 Å². The number of aryl methyl sites for hydroxylation is 1. The number of hydrogen-bond acceptors (Lipinski definition) is 2. The lowest BCUT2D eigenvalue weighted by Gasteiger charge is -2.24. The van der Waals surface area contributed by atoms with Crippen molar-refractivity contribution in [1.82, 2.24) is 0 Å². The first-order valence-corrected chi connectivity index (χ1v) is 6.03. The molecule has 90 valence electrons. The van der Waals surface area contributed by atoms with E-state index in [1.807, 2.05) is 18.2 Å². The summed E-state index contributed by atoms with van der Waals surface area (Å²) in [5.41, 5.74) is 1.55. The molecule has 2 heteroatoms. The SMILES string of the molecule is C#CCCCC1(O)CCc2ccc(OC)cc21.